The maximum absolute atomic E-state index is 12.5. The number of hydrogen-bond acceptors (Lipinski definition) is 3. The third kappa shape index (κ3) is 4.00. The van der Waals surface area contributed by atoms with Crippen LogP contribution in [0.5, 0.6) is 0 Å². The highest BCUT2D eigenvalue weighted by molar-refractivity contribution is 9.10. The van der Waals surface area contributed by atoms with Crippen molar-refractivity contribution in [1.29, 1.82) is 0 Å². The van der Waals surface area contributed by atoms with Crippen LogP contribution in [-0.4, -0.2) is 51.7 Å². The molecule has 1 aliphatic heterocycles. The Labute approximate surface area is 145 Å². The van der Waals surface area contributed by atoms with Crippen molar-refractivity contribution in [2.45, 2.75) is 13.0 Å². The normalized spacial score (nSPS) is 16.3. The van der Waals surface area contributed by atoms with Crippen LogP contribution in [0, 0.1) is 0 Å². The maximum Gasteiger partial charge on any atom is 0.257 e. The van der Waals surface area contributed by atoms with Crippen molar-refractivity contribution < 1.29 is 4.79 Å². The van der Waals surface area contributed by atoms with E-state index in [9.17, 15) is 4.79 Å². The van der Waals surface area contributed by atoms with E-state index in [2.05, 4.69) is 44.1 Å². The van der Waals surface area contributed by atoms with Gasteiger partial charge in [0.2, 0.25) is 0 Å². The number of rotatable bonds is 3. The minimum absolute atomic E-state index is 0.0841. The van der Waals surface area contributed by atoms with Gasteiger partial charge in [0.25, 0.3) is 5.91 Å². The molecule has 0 saturated carbocycles. The van der Waals surface area contributed by atoms with E-state index < -0.39 is 0 Å². The highest BCUT2D eigenvalue weighted by Crippen LogP contribution is 2.19. The summed E-state index contributed by atoms with van der Waals surface area (Å²) in [6, 6.07) is 8.32. The molecule has 1 aromatic heterocycles. The molecule has 1 aliphatic rings. The van der Waals surface area contributed by atoms with E-state index in [1.165, 1.54) is 5.56 Å². The summed E-state index contributed by atoms with van der Waals surface area (Å²) in [6.07, 6.45) is 4.43. The number of aromatic nitrogens is 2. The molecule has 122 valence electrons. The van der Waals surface area contributed by atoms with E-state index >= 15 is 0 Å². The lowest BCUT2D eigenvalue weighted by Crippen LogP contribution is -2.35. The fourth-order valence-corrected chi connectivity index (χ4v) is 3.32. The number of halogens is 1. The first-order valence-corrected chi connectivity index (χ1v) is 8.66. The van der Waals surface area contributed by atoms with E-state index in [0.717, 1.165) is 43.6 Å². The Morgan fingerprint density at radius 1 is 1.22 bits per heavy atom. The van der Waals surface area contributed by atoms with Gasteiger partial charge in [-0.2, -0.15) is 5.10 Å². The zero-order chi connectivity index (χ0) is 16.2. The first-order valence-electron chi connectivity index (χ1n) is 7.87. The van der Waals surface area contributed by atoms with Crippen molar-refractivity contribution in [2.75, 3.05) is 26.2 Å². The molecule has 0 N–H and O–H groups in total. The van der Waals surface area contributed by atoms with Gasteiger partial charge in [-0.15, -0.1) is 0 Å². The second kappa shape index (κ2) is 7.27. The average Bonchev–Trinajstić information content (AvgIpc) is 2.84. The van der Waals surface area contributed by atoms with Crippen molar-refractivity contribution in [3.8, 4) is 0 Å². The summed E-state index contributed by atoms with van der Waals surface area (Å²) in [5.41, 5.74) is 1.96. The van der Waals surface area contributed by atoms with Gasteiger partial charge < -0.3 is 4.90 Å². The van der Waals surface area contributed by atoms with Crippen LogP contribution >= 0.6 is 15.9 Å². The van der Waals surface area contributed by atoms with Crippen LogP contribution in [-0.2, 0) is 13.6 Å². The van der Waals surface area contributed by atoms with Crippen LogP contribution in [0.3, 0.4) is 0 Å². The molecule has 0 bridgehead atoms. The van der Waals surface area contributed by atoms with Crippen molar-refractivity contribution in [3.05, 3.63) is 52.3 Å². The minimum Gasteiger partial charge on any atom is -0.337 e. The summed E-state index contributed by atoms with van der Waals surface area (Å²) in [6.45, 7) is 4.39. The first kappa shape index (κ1) is 16.2. The summed E-state index contributed by atoms with van der Waals surface area (Å²) >= 11 is 3.61. The number of amides is 1. The van der Waals surface area contributed by atoms with E-state index in [1.54, 1.807) is 17.1 Å². The van der Waals surface area contributed by atoms with Crippen molar-refractivity contribution in [1.82, 2.24) is 19.6 Å². The van der Waals surface area contributed by atoms with Gasteiger partial charge in [0.1, 0.15) is 0 Å². The van der Waals surface area contributed by atoms with E-state index in [-0.39, 0.29) is 5.91 Å². The van der Waals surface area contributed by atoms with Gasteiger partial charge >= 0.3 is 0 Å². The second-order valence-electron chi connectivity index (χ2n) is 5.92. The molecule has 5 nitrogen and oxygen atoms in total. The summed E-state index contributed by atoms with van der Waals surface area (Å²) in [7, 11) is 1.83. The number of aryl methyl sites for hydroxylation is 1. The summed E-state index contributed by atoms with van der Waals surface area (Å²) in [4.78, 5) is 16.9. The van der Waals surface area contributed by atoms with Gasteiger partial charge in [-0.05, 0) is 18.1 Å². The fraction of sp³-hybridized carbons (Fsp3) is 0.412. The average molecular weight is 377 g/mol. The molecule has 1 saturated heterocycles. The maximum atomic E-state index is 12.5. The number of nitrogens with zero attached hydrogens (tertiary/aromatic N) is 4. The summed E-state index contributed by atoms with van der Waals surface area (Å²) in [5.74, 6) is 0.0841. The lowest BCUT2D eigenvalue weighted by atomic mass is 10.2. The molecule has 3 rings (SSSR count). The SMILES string of the molecule is Cn1cc(C(=O)N2CCCN(Cc3ccccc3Br)CC2)cn1. The standard InChI is InChI=1S/C17H21BrN4O/c1-20-12-15(11-19-20)17(23)22-8-4-7-21(9-10-22)13-14-5-2-3-6-16(14)18/h2-3,5-6,11-12H,4,7-10,13H2,1H3. The Morgan fingerprint density at radius 2 is 2.04 bits per heavy atom. The largest absolute Gasteiger partial charge is 0.337 e. The highest BCUT2D eigenvalue weighted by Gasteiger charge is 2.21. The van der Waals surface area contributed by atoms with Gasteiger partial charge in [0.05, 0.1) is 11.8 Å². The van der Waals surface area contributed by atoms with Crippen LogP contribution in [0.25, 0.3) is 0 Å². The highest BCUT2D eigenvalue weighted by atomic mass is 79.9. The lowest BCUT2D eigenvalue weighted by Gasteiger charge is -2.22. The van der Waals surface area contributed by atoms with E-state index in [4.69, 9.17) is 0 Å². The predicted molar refractivity (Wildman–Crippen MR) is 93.1 cm³/mol. The molecule has 0 spiro atoms. The molecule has 6 heteroatoms. The van der Waals surface area contributed by atoms with Crippen molar-refractivity contribution >= 4 is 21.8 Å². The fourth-order valence-electron chi connectivity index (χ4n) is 2.91. The number of carbonyl (C=O) groups is 1. The Hall–Kier alpha value is -1.66. The molecule has 0 aliphatic carbocycles. The summed E-state index contributed by atoms with van der Waals surface area (Å²) < 4.78 is 2.82. The topological polar surface area (TPSA) is 41.4 Å². The smallest absolute Gasteiger partial charge is 0.257 e. The molecule has 0 unspecified atom stereocenters. The molecule has 23 heavy (non-hydrogen) atoms. The first-order chi connectivity index (χ1) is 11.1. The molecule has 0 atom stereocenters. The quantitative estimate of drug-likeness (QED) is 0.826. The zero-order valence-electron chi connectivity index (χ0n) is 13.3. The van der Waals surface area contributed by atoms with Gasteiger partial charge in [-0.1, -0.05) is 34.1 Å². The summed E-state index contributed by atoms with van der Waals surface area (Å²) in [5, 5.41) is 4.09. The van der Waals surface area contributed by atoms with Crippen LogP contribution in [0.4, 0.5) is 0 Å². The monoisotopic (exact) mass is 376 g/mol. The van der Waals surface area contributed by atoms with E-state index in [0.29, 0.717) is 5.56 Å². The van der Waals surface area contributed by atoms with Gasteiger partial charge in [-0.3, -0.25) is 14.4 Å². The Balaban J connectivity index is 1.61. The Kier molecular flexibility index (Phi) is 5.13. The van der Waals surface area contributed by atoms with Crippen molar-refractivity contribution in [3.63, 3.8) is 0 Å². The predicted octanol–water partition coefficient (Wildman–Crippen LogP) is 2.53. The van der Waals surface area contributed by atoms with Crippen LogP contribution in [0.2, 0.25) is 0 Å². The lowest BCUT2D eigenvalue weighted by molar-refractivity contribution is 0.0761. The molecule has 2 heterocycles. The third-order valence-corrected chi connectivity index (χ3v) is 4.95. The van der Waals surface area contributed by atoms with Crippen LogP contribution in [0.15, 0.2) is 41.1 Å². The minimum atomic E-state index is 0.0841. The Morgan fingerprint density at radius 3 is 2.78 bits per heavy atom. The Bertz CT molecular complexity index is 685. The molecular weight excluding hydrogens is 356 g/mol. The second-order valence-corrected chi connectivity index (χ2v) is 6.77. The molecule has 1 fully saturated rings. The number of benzene rings is 1. The van der Waals surface area contributed by atoms with E-state index in [1.807, 2.05) is 18.0 Å². The molecule has 2 aromatic rings. The molecule has 0 radical (unpaired) electrons. The third-order valence-electron chi connectivity index (χ3n) is 4.18. The molecular formula is C17H21BrN4O. The van der Waals surface area contributed by atoms with Crippen LogP contribution in [0.1, 0.15) is 22.3 Å². The number of hydrogen-bond donors (Lipinski definition) is 0. The van der Waals surface area contributed by atoms with Gasteiger partial charge in [-0.25, -0.2) is 0 Å². The van der Waals surface area contributed by atoms with Gasteiger partial charge in [0, 0.05) is 50.4 Å². The zero-order valence-corrected chi connectivity index (χ0v) is 14.9. The molecule has 1 amide bonds. The molecule has 1 aromatic carbocycles. The van der Waals surface area contributed by atoms with Crippen LogP contribution < -0.4 is 0 Å². The number of carbonyl (C=O) groups excluding carboxylic acids is 1. The van der Waals surface area contributed by atoms with Gasteiger partial charge in [0.15, 0.2) is 0 Å². The van der Waals surface area contributed by atoms with Crippen molar-refractivity contribution in [2.24, 2.45) is 7.05 Å².